The van der Waals surface area contributed by atoms with Crippen LogP contribution in [0.3, 0.4) is 0 Å². The molecule has 0 aliphatic carbocycles. The van der Waals surface area contributed by atoms with E-state index in [4.69, 9.17) is 23.1 Å². The highest BCUT2D eigenvalue weighted by Gasteiger charge is 2.28. The van der Waals surface area contributed by atoms with Gasteiger partial charge < -0.3 is 11.5 Å². The molecule has 0 aliphatic heterocycles. The lowest BCUT2D eigenvalue weighted by molar-refractivity contribution is -0.132. The van der Waals surface area contributed by atoms with Crippen molar-refractivity contribution in [2.45, 2.75) is 19.0 Å². The average molecular weight is 372 g/mol. The third-order valence-electron chi connectivity index (χ3n) is 2.17. The predicted molar refractivity (Wildman–Crippen MR) is 76.8 cm³/mol. The first-order chi connectivity index (χ1) is 9.19. The number of guanidine groups is 1. The van der Waals surface area contributed by atoms with E-state index >= 15 is 0 Å². The number of hydrogen-bond donors (Lipinski definition) is 2. The minimum Gasteiger partial charge on any atom is -0.369 e. The fourth-order valence-corrected chi connectivity index (χ4v) is 1.98. The molecule has 0 aliphatic rings. The maximum atomic E-state index is 12.3. The zero-order valence-electron chi connectivity index (χ0n) is 10.1. The molecule has 0 saturated carbocycles. The largest absolute Gasteiger partial charge is 0.389 e. The Morgan fingerprint density at radius 1 is 1.25 bits per heavy atom. The first kappa shape index (κ1) is 16.8. The quantitative estimate of drug-likeness (QED) is 0.483. The van der Waals surface area contributed by atoms with E-state index in [-0.39, 0.29) is 18.1 Å². The SMILES string of the molecule is NC(N)=N/N=C(/CCC(F)(F)F)c1cc(Cl)ccc1Br. The second-order valence-corrected chi connectivity index (χ2v) is 5.10. The third-order valence-corrected chi connectivity index (χ3v) is 3.10. The van der Waals surface area contributed by atoms with Crippen LogP contribution in [0.15, 0.2) is 32.9 Å². The second kappa shape index (κ2) is 6.94. The summed E-state index contributed by atoms with van der Waals surface area (Å²) in [5.41, 5.74) is 10.8. The van der Waals surface area contributed by atoms with Gasteiger partial charge in [-0.1, -0.05) is 27.5 Å². The zero-order chi connectivity index (χ0) is 15.3. The molecule has 0 unspecified atom stereocenters. The van der Waals surface area contributed by atoms with Gasteiger partial charge in [-0.05, 0) is 18.2 Å². The normalized spacial score (nSPS) is 12.3. The molecule has 4 nitrogen and oxygen atoms in total. The van der Waals surface area contributed by atoms with E-state index in [0.717, 1.165) is 0 Å². The molecule has 110 valence electrons. The van der Waals surface area contributed by atoms with Crippen LogP contribution in [-0.4, -0.2) is 17.8 Å². The Balaban J connectivity index is 3.13. The Bertz CT molecular complexity index is 539. The van der Waals surface area contributed by atoms with Crippen molar-refractivity contribution in [2.75, 3.05) is 0 Å². The first-order valence-electron chi connectivity index (χ1n) is 5.36. The molecule has 0 radical (unpaired) electrons. The Morgan fingerprint density at radius 3 is 2.45 bits per heavy atom. The van der Waals surface area contributed by atoms with Crippen LogP contribution in [-0.2, 0) is 0 Å². The van der Waals surface area contributed by atoms with Gasteiger partial charge >= 0.3 is 6.18 Å². The predicted octanol–water partition coefficient (Wildman–Crippen LogP) is 3.42. The standard InChI is InChI=1S/C11H11BrClF3N4/c12-8-2-1-6(13)5-7(8)9(19-20-10(17)18)3-4-11(14,15)16/h1-2,5H,3-4H2,(H4,17,18,20)/b19-9-. The molecule has 4 N–H and O–H groups in total. The lowest BCUT2D eigenvalue weighted by atomic mass is 10.1. The van der Waals surface area contributed by atoms with Crippen LogP contribution in [0.2, 0.25) is 5.02 Å². The van der Waals surface area contributed by atoms with Gasteiger partial charge in [-0.3, -0.25) is 0 Å². The smallest absolute Gasteiger partial charge is 0.369 e. The van der Waals surface area contributed by atoms with Gasteiger partial charge in [0.1, 0.15) is 0 Å². The maximum absolute atomic E-state index is 12.3. The number of halogens is 5. The van der Waals surface area contributed by atoms with E-state index in [1.54, 1.807) is 12.1 Å². The molecule has 0 bridgehead atoms. The molecule has 1 aromatic rings. The minimum absolute atomic E-state index is 0.0881. The van der Waals surface area contributed by atoms with Gasteiger partial charge in [0.25, 0.3) is 0 Å². The highest BCUT2D eigenvalue weighted by atomic mass is 79.9. The number of nitrogens with zero attached hydrogens (tertiary/aromatic N) is 2. The van der Waals surface area contributed by atoms with Crippen molar-refractivity contribution in [2.24, 2.45) is 21.7 Å². The summed E-state index contributed by atoms with van der Waals surface area (Å²) in [5.74, 6) is -0.340. The van der Waals surface area contributed by atoms with E-state index in [9.17, 15) is 13.2 Å². The van der Waals surface area contributed by atoms with Crippen LogP contribution in [0.4, 0.5) is 13.2 Å². The summed E-state index contributed by atoms with van der Waals surface area (Å²) in [5, 5.41) is 7.43. The molecule has 0 aromatic heterocycles. The summed E-state index contributed by atoms with van der Waals surface area (Å²) in [6, 6.07) is 4.69. The Morgan fingerprint density at radius 2 is 1.90 bits per heavy atom. The topological polar surface area (TPSA) is 76.8 Å². The number of nitrogens with two attached hydrogens (primary N) is 2. The van der Waals surface area contributed by atoms with Crippen LogP contribution in [0.25, 0.3) is 0 Å². The van der Waals surface area contributed by atoms with Gasteiger partial charge in [0.05, 0.1) is 5.71 Å². The highest BCUT2D eigenvalue weighted by molar-refractivity contribution is 9.10. The number of rotatable bonds is 4. The van der Waals surface area contributed by atoms with Crippen LogP contribution < -0.4 is 11.5 Å². The lowest BCUT2D eigenvalue weighted by Crippen LogP contribution is -2.22. The molecule has 0 atom stereocenters. The highest BCUT2D eigenvalue weighted by Crippen LogP contribution is 2.27. The van der Waals surface area contributed by atoms with Gasteiger partial charge in [0, 0.05) is 27.9 Å². The van der Waals surface area contributed by atoms with Crippen LogP contribution in [0.1, 0.15) is 18.4 Å². The fourth-order valence-electron chi connectivity index (χ4n) is 1.34. The molecule has 0 saturated heterocycles. The Kier molecular flexibility index (Phi) is 5.82. The van der Waals surface area contributed by atoms with Gasteiger partial charge in [-0.2, -0.15) is 18.3 Å². The van der Waals surface area contributed by atoms with Crippen molar-refractivity contribution in [3.8, 4) is 0 Å². The summed E-state index contributed by atoms with van der Waals surface area (Å²) < 4.78 is 37.5. The second-order valence-electron chi connectivity index (χ2n) is 3.81. The molecular formula is C11H11BrClF3N4. The molecule has 1 rings (SSSR count). The zero-order valence-corrected chi connectivity index (χ0v) is 12.4. The van der Waals surface area contributed by atoms with Gasteiger partial charge in [-0.15, -0.1) is 5.10 Å². The van der Waals surface area contributed by atoms with Crippen LogP contribution in [0.5, 0.6) is 0 Å². The molecule has 0 spiro atoms. The summed E-state index contributed by atoms with van der Waals surface area (Å²) in [6.45, 7) is 0. The van der Waals surface area contributed by atoms with E-state index in [1.165, 1.54) is 6.07 Å². The molecule has 0 amide bonds. The average Bonchev–Trinajstić information content (AvgIpc) is 2.31. The first-order valence-corrected chi connectivity index (χ1v) is 6.54. The summed E-state index contributed by atoms with van der Waals surface area (Å²) in [6.07, 6.45) is -5.70. The number of hydrogen-bond acceptors (Lipinski definition) is 2. The lowest BCUT2D eigenvalue weighted by Gasteiger charge is -2.10. The Hall–Kier alpha value is -1.28. The Labute approximate surface area is 126 Å². The molecular weight excluding hydrogens is 360 g/mol. The van der Waals surface area contributed by atoms with Crippen LogP contribution >= 0.6 is 27.5 Å². The van der Waals surface area contributed by atoms with Gasteiger partial charge in [0.2, 0.25) is 5.96 Å². The monoisotopic (exact) mass is 370 g/mol. The fraction of sp³-hybridized carbons (Fsp3) is 0.273. The van der Waals surface area contributed by atoms with Crippen molar-refractivity contribution >= 4 is 39.2 Å². The van der Waals surface area contributed by atoms with Crippen LogP contribution in [0, 0.1) is 0 Å². The number of alkyl halides is 3. The molecule has 1 aromatic carbocycles. The minimum atomic E-state index is -4.30. The molecule has 0 heterocycles. The van der Waals surface area contributed by atoms with E-state index in [2.05, 4.69) is 26.1 Å². The van der Waals surface area contributed by atoms with Crippen molar-refractivity contribution in [3.05, 3.63) is 33.3 Å². The summed E-state index contributed by atoms with van der Waals surface area (Å²) in [7, 11) is 0. The van der Waals surface area contributed by atoms with E-state index < -0.39 is 12.6 Å². The summed E-state index contributed by atoms with van der Waals surface area (Å²) >= 11 is 9.06. The summed E-state index contributed by atoms with van der Waals surface area (Å²) in [4.78, 5) is 0. The maximum Gasteiger partial charge on any atom is 0.389 e. The van der Waals surface area contributed by atoms with E-state index in [1.807, 2.05) is 0 Å². The van der Waals surface area contributed by atoms with Crippen molar-refractivity contribution in [3.63, 3.8) is 0 Å². The van der Waals surface area contributed by atoms with Crippen molar-refractivity contribution in [1.29, 1.82) is 0 Å². The van der Waals surface area contributed by atoms with Crippen molar-refractivity contribution in [1.82, 2.24) is 0 Å². The van der Waals surface area contributed by atoms with E-state index in [0.29, 0.717) is 15.1 Å². The molecule has 20 heavy (non-hydrogen) atoms. The van der Waals surface area contributed by atoms with Gasteiger partial charge in [0.15, 0.2) is 0 Å². The van der Waals surface area contributed by atoms with Gasteiger partial charge in [-0.25, -0.2) is 0 Å². The number of benzene rings is 1. The van der Waals surface area contributed by atoms with Crippen molar-refractivity contribution < 1.29 is 13.2 Å². The molecule has 9 heteroatoms. The third kappa shape index (κ3) is 5.79. The molecule has 0 fully saturated rings.